The number of aromatic amines is 1. The Hall–Kier alpha value is -3.35. The van der Waals surface area contributed by atoms with Crippen molar-refractivity contribution in [3.63, 3.8) is 0 Å². The zero-order chi connectivity index (χ0) is 22.5. The normalized spacial score (nSPS) is 19.6. The van der Waals surface area contributed by atoms with E-state index in [9.17, 15) is 4.79 Å². The molecule has 1 aromatic carbocycles. The number of nitrogens with one attached hydrogen (secondary N) is 1. The third kappa shape index (κ3) is 3.61. The molecule has 0 saturated carbocycles. The minimum Gasteiger partial charge on any atom is -0.444 e. The lowest BCUT2D eigenvalue weighted by atomic mass is 9.85. The summed E-state index contributed by atoms with van der Waals surface area (Å²) in [6.45, 7) is 8.45. The number of likely N-dealkylation sites (tertiary alicyclic amines) is 1. The van der Waals surface area contributed by atoms with E-state index in [-0.39, 0.29) is 18.1 Å². The first-order valence-corrected chi connectivity index (χ1v) is 11.2. The molecule has 3 aromatic heterocycles. The number of hydrogen-bond donors (Lipinski definition) is 1. The Kier molecular flexibility index (Phi) is 4.92. The van der Waals surface area contributed by atoms with E-state index in [1.54, 1.807) is 0 Å². The predicted octanol–water partition coefficient (Wildman–Crippen LogP) is 5.37. The van der Waals surface area contributed by atoms with Gasteiger partial charge in [0.1, 0.15) is 11.4 Å². The molecule has 32 heavy (non-hydrogen) atoms. The van der Waals surface area contributed by atoms with Crippen molar-refractivity contribution in [1.82, 2.24) is 24.3 Å². The Balaban J connectivity index is 1.56. The van der Waals surface area contributed by atoms with Gasteiger partial charge >= 0.3 is 6.09 Å². The van der Waals surface area contributed by atoms with Crippen LogP contribution >= 0.6 is 0 Å². The average Bonchev–Trinajstić information content (AvgIpc) is 3.39. The van der Waals surface area contributed by atoms with Gasteiger partial charge in [-0.2, -0.15) is 0 Å². The number of rotatable bonds is 2. The van der Waals surface area contributed by atoms with Crippen LogP contribution in [0.5, 0.6) is 0 Å². The third-order valence-corrected chi connectivity index (χ3v) is 6.22. The Morgan fingerprint density at radius 3 is 2.69 bits per heavy atom. The molecule has 0 aliphatic carbocycles. The molecule has 1 fully saturated rings. The van der Waals surface area contributed by atoms with Gasteiger partial charge in [0.25, 0.3) is 0 Å². The Labute approximate surface area is 187 Å². The van der Waals surface area contributed by atoms with Gasteiger partial charge in [-0.05, 0) is 57.7 Å². The zero-order valence-corrected chi connectivity index (χ0v) is 19.0. The number of H-pyrrole nitrogens is 1. The number of imidazole rings is 1. The summed E-state index contributed by atoms with van der Waals surface area (Å²) in [5, 5.41) is 0. The highest BCUT2D eigenvalue weighted by Crippen LogP contribution is 2.39. The molecular formula is C25H29N5O2. The quantitative estimate of drug-likeness (QED) is 0.463. The van der Waals surface area contributed by atoms with Gasteiger partial charge in [0.05, 0.1) is 29.5 Å². The molecule has 1 unspecified atom stereocenters. The van der Waals surface area contributed by atoms with E-state index in [1.807, 2.05) is 50.3 Å². The minimum atomic E-state index is -0.566. The highest BCUT2D eigenvalue weighted by Gasteiger charge is 2.38. The van der Waals surface area contributed by atoms with E-state index in [2.05, 4.69) is 45.6 Å². The first kappa shape index (κ1) is 20.5. The number of nitrogens with zero attached hydrogens (tertiary/aromatic N) is 4. The van der Waals surface area contributed by atoms with E-state index in [1.165, 1.54) is 11.1 Å². The fourth-order valence-electron chi connectivity index (χ4n) is 4.80. The monoisotopic (exact) mass is 431 g/mol. The summed E-state index contributed by atoms with van der Waals surface area (Å²) in [5.41, 5.74) is 4.66. The van der Waals surface area contributed by atoms with E-state index >= 15 is 0 Å². The molecule has 4 aromatic rings. The molecule has 2 atom stereocenters. The molecule has 1 aliphatic heterocycles. The first-order valence-electron chi connectivity index (χ1n) is 11.2. The lowest BCUT2D eigenvalue weighted by Gasteiger charge is -2.40. The highest BCUT2D eigenvalue weighted by molar-refractivity contribution is 5.76. The van der Waals surface area contributed by atoms with Crippen LogP contribution in [-0.2, 0) is 4.74 Å². The lowest BCUT2D eigenvalue weighted by molar-refractivity contribution is 0.00581. The molecule has 4 heterocycles. The van der Waals surface area contributed by atoms with Crippen LogP contribution in [0.25, 0.3) is 16.7 Å². The summed E-state index contributed by atoms with van der Waals surface area (Å²) >= 11 is 0. The average molecular weight is 432 g/mol. The van der Waals surface area contributed by atoms with Crippen molar-refractivity contribution in [2.24, 2.45) is 0 Å². The van der Waals surface area contributed by atoms with Crippen LogP contribution in [0.2, 0.25) is 0 Å². The molecule has 7 heteroatoms. The van der Waals surface area contributed by atoms with Crippen LogP contribution in [-0.4, -0.2) is 42.5 Å². The standard InChI is InChI=1S/C25H29N5O2/c1-16-7-5-6-8-19(16)17-9-10-21(29(15-17)24(31)32-25(2,3)4)23-28-14-18-13-27-22-20(30(18)23)11-12-26-22/h5-8,11-14,17,21,26H,9-10,15H2,1-4H3/t17?,21-/m1/s1. The predicted molar refractivity (Wildman–Crippen MR) is 124 cm³/mol. The van der Waals surface area contributed by atoms with Gasteiger partial charge in [-0.1, -0.05) is 24.3 Å². The summed E-state index contributed by atoms with van der Waals surface area (Å²) in [6, 6.07) is 10.3. The molecule has 1 amide bonds. The number of benzene rings is 1. The number of carbonyl (C=O) groups excluding carboxylic acids is 1. The SMILES string of the molecule is Cc1ccccc1C1CC[C@H](c2ncc3cnc4[nH]ccc4n23)N(C(=O)OC(C)(C)C)C1. The van der Waals surface area contributed by atoms with Crippen molar-refractivity contribution < 1.29 is 9.53 Å². The second-order valence-corrected chi connectivity index (χ2v) is 9.63. The third-order valence-electron chi connectivity index (χ3n) is 6.22. The lowest BCUT2D eigenvalue weighted by Crippen LogP contribution is -2.44. The van der Waals surface area contributed by atoms with Crippen LogP contribution in [0.4, 0.5) is 4.79 Å². The molecular weight excluding hydrogens is 402 g/mol. The summed E-state index contributed by atoms with van der Waals surface area (Å²) in [4.78, 5) is 27.6. The number of piperidine rings is 1. The topological polar surface area (TPSA) is 75.5 Å². The van der Waals surface area contributed by atoms with Crippen LogP contribution in [0.3, 0.4) is 0 Å². The fraction of sp³-hybridized carbons (Fsp3) is 0.400. The van der Waals surface area contributed by atoms with Crippen LogP contribution in [0, 0.1) is 6.92 Å². The molecule has 0 bridgehead atoms. The van der Waals surface area contributed by atoms with Crippen molar-refractivity contribution >= 4 is 22.8 Å². The maximum atomic E-state index is 13.4. The molecule has 1 aliphatic rings. The molecule has 1 saturated heterocycles. The smallest absolute Gasteiger partial charge is 0.410 e. The van der Waals surface area contributed by atoms with Crippen LogP contribution < -0.4 is 0 Å². The maximum Gasteiger partial charge on any atom is 0.410 e. The first-order chi connectivity index (χ1) is 15.3. The Bertz CT molecular complexity index is 1280. The van der Waals surface area contributed by atoms with Crippen LogP contribution in [0.1, 0.15) is 62.5 Å². The summed E-state index contributed by atoms with van der Waals surface area (Å²) < 4.78 is 7.94. The van der Waals surface area contributed by atoms with Crippen molar-refractivity contribution in [2.75, 3.05) is 6.54 Å². The number of amides is 1. The maximum absolute atomic E-state index is 13.4. The second-order valence-electron chi connectivity index (χ2n) is 9.63. The van der Waals surface area contributed by atoms with E-state index in [4.69, 9.17) is 9.72 Å². The Morgan fingerprint density at radius 1 is 1.12 bits per heavy atom. The van der Waals surface area contributed by atoms with Gasteiger partial charge < -0.3 is 9.72 Å². The number of fused-ring (bicyclic) bond motifs is 3. The highest BCUT2D eigenvalue weighted by atomic mass is 16.6. The fourth-order valence-corrected chi connectivity index (χ4v) is 4.80. The van der Waals surface area contributed by atoms with Gasteiger partial charge in [-0.15, -0.1) is 0 Å². The number of hydrogen-bond acceptors (Lipinski definition) is 4. The second kappa shape index (κ2) is 7.65. The van der Waals surface area contributed by atoms with Crippen molar-refractivity contribution in [3.05, 3.63) is 65.9 Å². The van der Waals surface area contributed by atoms with E-state index in [0.717, 1.165) is 35.3 Å². The zero-order valence-electron chi connectivity index (χ0n) is 19.0. The Morgan fingerprint density at radius 2 is 1.91 bits per heavy atom. The minimum absolute atomic E-state index is 0.173. The molecule has 0 spiro atoms. The molecule has 1 N–H and O–H groups in total. The van der Waals surface area contributed by atoms with Gasteiger partial charge in [0, 0.05) is 18.7 Å². The van der Waals surface area contributed by atoms with Gasteiger partial charge in [-0.3, -0.25) is 9.30 Å². The van der Waals surface area contributed by atoms with Gasteiger partial charge in [0.2, 0.25) is 0 Å². The molecule has 7 nitrogen and oxygen atoms in total. The largest absolute Gasteiger partial charge is 0.444 e. The summed E-state index contributed by atoms with van der Waals surface area (Å²) in [5.74, 6) is 1.11. The summed E-state index contributed by atoms with van der Waals surface area (Å²) in [6.07, 6.45) is 7.01. The molecule has 5 rings (SSSR count). The number of aromatic nitrogens is 4. The number of carbonyl (C=O) groups is 1. The van der Waals surface area contributed by atoms with Crippen molar-refractivity contribution in [1.29, 1.82) is 0 Å². The summed E-state index contributed by atoms with van der Waals surface area (Å²) in [7, 11) is 0. The van der Waals surface area contributed by atoms with Gasteiger partial charge in [0.15, 0.2) is 5.65 Å². The van der Waals surface area contributed by atoms with Crippen LogP contribution in [0.15, 0.2) is 48.9 Å². The van der Waals surface area contributed by atoms with Gasteiger partial charge in [-0.25, -0.2) is 14.8 Å². The van der Waals surface area contributed by atoms with E-state index in [0.29, 0.717) is 6.54 Å². The molecule has 0 radical (unpaired) electrons. The van der Waals surface area contributed by atoms with Crippen molar-refractivity contribution in [2.45, 2.75) is 58.1 Å². The van der Waals surface area contributed by atoms with E-state index < -0.39 is 5.60 Å². The number of ether oxygens (including phenoxy) is 1. The number of aryl methyl sites for hydroxylation is 1. The van der Waals surface area contributed by atoms with Crippen molar-refractivity contribution in [3.8, 4) is 0 Å². The molecule has 166 valence electrons.